The van der Waals surface area contributed by atoms with E-state index < -0.39 is 7.92 Å². The molecule has 0 aliphatic heterocycles. The molecule has 4 aromatic carbocycles. The second-order valence-electron chi connectivity index (χ2n) is 9.33. The third-order valence-corrected chi connectivity index (χ3v) is 9.12. The minimum absolute atomic E-state index is 0. The fraction of sp³-hybridized carbons (Fsp3) is 0.237. The first-order valence-corrected chi connectivity index (χ1v) is 15.1. The molecule has 0 saturated heterocycles. The Bertz CT molecular complexity index is 1010. The van der Waals surface area contributed by atoms with Crippen molar-refractivity contribution >= 4 is 23.8 Å². The van der Waals surface area contributed by atoms with E-state index in [-0.39, 0.29) is 20.1 Å². The van der Waals surface area contributed by atoms with Crippen molar-refractivity contribution in [1.82, 2.24) is 0 Å². The van der Waals surface area contributed by atoms with Gasteiger partial charge in [-0.1, -0.05) is 151 Å². The third kappa shape index (κ3) is 12.8. The minimum Gasteiger partial charge on any atom is -0.343 e. The van der Waals surface area contributed by atoms with Crippen LogP contribution in [0.3, 0.4) is 0 Å². The molecule has 0 nitrogen and oxygen atoms in total. The molecule has 0 heterocycles. The molecule has 0 unspecified atom stereocenters. The molecule has 40 heavy (non-hydrogen) atoms. The molecule has 2 heteroatoms. The van der Waals surface area contributed by atoms with Crippen molar-refractivity contribution in [3.05, 3.63) is 158 Å². The zero-order valence-corrected chi connectivity index (χ0v) is 28.5. The maximum atomic E-state index is 3.60. The number of benzene rings is 3. The molecule has 4 aromatic rings. The number of hydrogen-bond acceptors (Lipinski definition) is 0. The maximum absolute atomic E-state index is 3.60. The molecule has 0 atom stereocenters. The Hall–Kier alpha value is -2.43. The summed E-state index contributed by atoms with van der Waals surface area (Å²) in [7, 11) is -0.446. The largest absolute Gasteiger partial charge is 3.00 e. The van der Waals surface area contributed by atoms with E-state index in [1.807, 2.05) is 12.2 Å². The van der Waals surface area contributed by atoms with Gasteiger partial charge in [-0.15, -0.1) is 13.2 Å². The second kappa shape index (κ2) is 22.3. The molecule has 0 fully saturated rings. The van der Waals surface area contributed by atoms with E-state index in [2.05, 4.69) is 153 Å². The van der Waals surface area contributed by atoms with Gasteiger partial charge in [0.1, 0.15) is 0 Å². The van der Waals surface area contributed by atoms with Crippen molar-refractivity contribution in [2.45, 2.75) is 60.3 Å². The van der Waals surface area contributed by atoms with Gasteiger partial charge in [-0.3, -0.25) is 0 Å². The van der Waals surface area contributed by atoms with Gasteiger partial charge >= 0.3 is 20.1 Å². The first kappa shape index (κ1) is 37.6. The van der Waals surface area contributed by atoms with Gasteiger partial charge in [0, 0.05) is 0 Å². The Morgan fingerprint density at radius 3 is 1.02 bits per heavy atom. The molecular formula is C38H48IrP. The van der Waals surface area contributed by atoms with Crippen molar-refractivity contribution in [2.75, 3.05) is 0 Å². The second-order valence-corrected chi connectivity index (χ2v) is 11.5. The van der Waals surface area contributed by atoms with Gasteiger partial charge in [-0.2, -0.15) is 40.7 Å². The Kier molecular flexibility index (Phi) is 20.9. The Morgan fingerprint density at radius 1 is 0.600 bits per heavy atom. The SMILES string of the molecule is C=CCC[CH2-].C=CCC[CH2-].Cc1c(C)c(C)[c-](C)c1C.[Ir+3].c1ccc(P(c2ccccc2)c2ccccc2)cc1. The van der Waals surface area contributed by atoms with Gasteiger partial charge in [-0.05, 0) is 23.8 Å². The summed E-state index contributed by atoms with van der Waals surface area (Å²) in [6, 6.07) is 32.3. The van der Waals surface area contributed by atoms with Gasteiger partial charge in [0.15, 0.2) is 0 Å². The van der Waals surface area contributed by atoms with Crippen molar-refractivity contribution < 1.29 is 20.1 Å². The smallest absolute Gasteiger partial charge is 0.343 e. The Labute approximate surface area is 261 Å². The topological polar surface area (TPSA) is 0 Å². The summed E-state index contributed by atoms with van der Waals surface area (Å²) in [6.45, 7) is 25.2. The van der Waals surface area contributed by atoms with Gasteiger partial charge < -0.3 is 13.8 Å². The van der Waals surface area contributed by atoms with E-state index in [0.717, 1.165) is 25.7 Å². The maximum Gasteiger partial charge on any atom is 3.00 e. The molecule has 0 radical (unpaired) electrons. The molecule has 0 bridgehead atoms. The van der Waals surface area contributed by atoms with Crippen molar-refractivity contribution in [3.63, 3.8) is 0 Å². The van der Waals surface area contributed by atoms with Crippen LogP contribution in [0, 0.1) is 48.5 Å². The van der Waals surface area contributed by atoms with E-state index in [4.69, 9.17) is 0 Å². The summed E-state index contributed by atoms with van der Waals surface area (Å²) in [5.74, 6) is 0. The normalized spacial score (nSPS) is 9.50. The molecule has 4 rings (SSSR count). The Balaban J connectivity index is 0.000000609. The van der Waals surface area contributed by atoms with Crippen LogP contribution in [0.2, 0.25) is 0 Å². The zero-order chi connectivity index (χ0) is 29.0. The standard InChI is InChI=1S/C18H15P.C10H15.2C5H9.Ir/c1-4-10-16(11-5-1)19(17-12-6-2-7-13-17)18-14-8-3-9-15-18;1-6-7(2)9(4)10(5)8(6)3;2*1-3-5-4-2;/h1-15H;1-5H3;2*3H,1-2,4-5H2;/q;3*-1;+3. The van der Waals surface area contributed by atoms with E-state index in [1.54, 1.807) is 0 Å². The van der Waals surface area contributed by atoms with E-state index in [1.165, 1.54) is 43.7 Å². The fourth-order valence-electron chi connectivity index (χ4n) is 3.87. The van der Waals surface area contributed by atoms with Gasteiger partial charge in [0.25, 0.3) is 0 Å². The predicted molar refractivity (Wildman–Crippen MR) is 180 cm³/mol. The zero-order valence-electron chi connectivity index (χ0n) is 25.3. The molecule has 0 aliphatic carbocycles. The van der Waals surface area contributed by atoms with Crippen LogP contribution in [-0.2, 0) is 20.1 Å². The third-order valence-electron chi connectivity index (χ3n) is 6.67. The van der Waals surface area contributed by atoms with Crippen LogP contribution in [0.4, 0.5) is 0 Å². The number of rotatable bonds is 7. The molecule has 0 saturated carbocycles. The average molecular weight is 728 g/mol. The van der Waals surface area contributed by atoms with Crippen LogP contribution in [-0.4, -0.2) is 0 Å². The van der Waals surface area contributed by atoms with Crippen LogP contribution in [0.1, 0.15) is 53.5 Å². The predicted octanol–water partition coefficient (Wildman–Crippen LogP) is 9.96. The van der Waals surface area contributed by atoms with E-state index in [0.29, 0.717) is 0 Å². The molecule has 0 aliphatic rings. The summed E-state index contributed by atoms with van der Waals surface area (Å²) >= 11 is 0. The van der Waals surface area contributed by atoms with Crippen LogP contribution in [0.15, 0.2) is 116 Å². The van der Waals surface area contributed by atoms with Crippen LogP contribution >= 0.6 is 7.92 Å². The minimum atomic E-state index is -0.446. The van der Waals surface area contributed by atoms with Gasteiger partial charge in [-0.25, -0.2) is 0 Å². The van der Waals surface area contributed by atoms with Crippen molar-refractivity contribution in [2.24, 2.45) is 0 Å². The average Bonchev–Trinajstić information content (AvgIpc) is 3.14. The van der Waals surface area contributed by atoms with E-state index in [9.17, 15) is 0 Å². The van der Waals surface area contributed by atoms with Crippen LogP contribution in [0.25, 0.3) is 0 Å². The molecule has 0 amide bonds. The Morgan fingerprint density at radius 2 is 0.875 bits per heavy atom. The van der Waals surface area contributed by atoms with E-state index >= 15 is 0 Å². The summed E-state index contributed by atoms with van der Waals surface area (Å²) in [6.07, 6.45) is 7.77. The van der Waals surface area contributed by atoms with Crippen molar-refractivity contribution in [1.29, 1.82) is 0 Å². The number of hydrogen-bond donors (Lipinski definition) is 0. The monoisotopic (exact) mass is 728 g/mol. The van der Waals surface area contributed by atoms with Crippen LogP contribution < -0.4 is 15.9 Å². The van der Waals surface area contributed by atoms with Crippen LogP contribution in [0.5, 0.6) is 0 Å². The van der Waals surface area contributed by atoms with Gasteiger partial charge in [0.2, 0.25) is 0 Å². The fourth-order valence-corrected chi connectivity index (χ4v) is 6.18. The molecule has 214 valence electrons. The number of unbranched alkanes of at least 4 members (excludes halogenated alkanes) is 2. The summed E-state index contributed by atoms with van der Waals surface area (Å²) in [5.41, 5.74) is 7.34. The molecule has 0 spiro atoms. The molecule has 0 N–H and O–H groups in total. The first-order chi connectivity index (χ1) is 18.8. The van der Waals surface area contributed by atoms with Crippen molar-refractivity contribution in [3.8, 4) is 0 Å². The number of allylic oxidation sites excluding steroid dienone is 2. The quantitative estimate of drug-likeness (QED) is 0.101. The first-order valence-electron chi connectivity index (χ1n) is 13.8. The molecule has 0 aromatic heterocycles. The summed E-state index contributed by atoms with van der Waals surface area (Å²) in [5, 5.41) is 4.19. The van der Waals surface area contributed by atoms with Gasteiger partial charge in [0.05, 0.1) is 0 Å². The summed E-state index contributed by atoms with van der Waals surface area (Å²) < 4.78 is 0. The summed E-state index contributed by atoms with van der Waals surface area (Å²) in [4.78, 5) is 0. The molecular weight excluding hydrogens is 680 g/mol.